The summed E-state index contributed by atoms with van der Waals surface area (Å²) in [4.78, 5) is 22.9. The predicted molar refractivity (Wildman–Crippen MR) is 73.3 cm³/mol. The maximum absolute atomic E-state index is 12.0. The number of carboxylic acids is 1. The van der Waals surface area contributed by atoms with Crippen LogP contribution in [0.1, 0.15) is 23.2 Å². The van der Waals surface area contributed by atoms with Crippen LogP contribution in [0, 0.1) is 5.92 Å². The second kappa shape index (κ2) is 6.16. The fourth-order valence-electron chi connectivity index (χ4n) is 1.98. The molecule has 1 saturated heterocycles. The standard InChI is InChI=1S/C13H14BrNO4/c14-10-4-9(13(17)18)5-11(6-10)15-12(16)8-2-1-3-19-7-8/h4-6,8H,1-3,7H2,(H,15,16)(H,17,18). The Morgan fingerprint density at radius 2 is 2.16 bits per heavy atom. The number of rotatable bonds is 3. The number of carbonyl (C=O) groups is 2. The number of carboxylic acid groups (broad SMARTS) is 1. The van der Waals surface area contributed by atoms with E-state index in [9.17, 15) is 9.59 Å². The van der Waals surface area contributed by atoms with E-state index in [2.05, 4.69) is 21.2 Å². The molecule has 2 rings (SSSR count). The van der Waals surface area contributed by atoms with Gasteiger partial charge in [-0.25, -0.2) is 4.79 Å². The molecule has 1 aromatic rings. The number of hydrogen-bond donors (Lipinski definition) is 2. The van der Waals surface area contributed by atoms with Gasteiger partial charge in [-0.2, -0.15) is 0 Å². The molecule has 0 radical (unpaired) electrons. The molecule has 0 aromatic heterocycles. The average molecular weight is 328 g/mol. The molecule has 102 valence electrons. The molecule has 0 bridgehead atoms. The minimum Gasteiger partial charge on any atom is -0.478 e. The Morgan fingerprint density at radius 3 is 2.79 bits per heavy atom. The van der Waals surface area contributed by atoms with Gasteiger partial charge in [0.25, 0.3) is 0 Å². The molecule has 0 spiro atoms. The second-order valence-electron chi connectivity index (χ2n) is 4.44. The largest absolute Gasteiger partial charge is 0.478 e. The van der Waals surface area contributed by atoms with Crippen LogP contribution in [0.4, 0.5) is 5.69 Å². The van der Waals surface area contributed by atoms with Gasteiger partial charge < -0.3 is 15.2 Å². The number of amides is 1. The summed E-state index contributed by atoms with van der Waals surface area (Å²) in [7, 11) is 0. The first-order valence-corrected chi connectivity index (χ1v) is 6.78. The molecule has 1 aliphatic heterocycles. The van der Waals surface area contributed by atoms with Gasteiger partial charge in [0.1, 0.15) is 0 Å². The van der Waals surface area contributed by atoms with Gasteiger partial charge in [-0.3, -0.25) is 4.79 Å². The number of ether oxygens (including phenoxy) is 1. The van der Waals surface area contributed by atoms with Gasteiger partial charge in [-0.15, -0.1) is 0 Å². The van der Waals surface area contributed by atoms with Gasteiger partial charge in [-0.1, -0.05) is 15.9 Å². The third kappa shape index (κ3) is 3.78. The lowest BCUT2D eigenvalue weighted by Gasteiger charge is -2.21. The number of halogens is 1. The third-order valence-electron chi connectivity index (χ3n) is 2.94. The van der Waals surface area contributed by atoms with Crippen molar-refractivity contribution in [2.45, 2.75) is 12.8 Å². The van der Waals surface area contributed by atoms with Crippen LogP contribution < -0.4 is 5.32 Å². The zero-order valence-corrected chi connectivity index (χ0v) is 11.8. The van der Waals surface area contributed by atoms with Crippen LogP contribution in [0.5, 0.6) is 0 Å². The van der Waals surface area contributed by atoms with E-state index >= 15 is 0 Å². The van der Waals surface area contributed by atoms with Crippen molar-refractivity contribution >= 4 is 33.5 Å². The molecular weight excluding hydrogens is 314 g/mol. The zero-order chi connectivity index (χ0) is 13.8. The molecule has 1 atom stereocenters. The van der Waals surface area contributed by atoms with Crippen molar-refractivity contribution in [2.24, 2.45) is 5.92 Å². The lowest BCUT2D eigenvalue weighted by molar-refractivity contribution is -0.123. The molecule has 0 aliphatic carbocycles. The van der Waals surface area contributed by atoms with Crippen molar-refractivity contribution in [1.82, 2.24) is 0 Å². The van der Waals surface area contributed by atoms with Crippen LogP contribution >= 0.6 is 15.9 Å². The van der Waals surface area contributed by atoms with Crippen molar-refractivity contribution in [3.05, 3.63) is 28.2 Å². The molecule has 1 aliphatic rings. The Hall–Kier alpha value is -1.40. The fraction of sp³-hybridized carbons (Fsp3) is 0.385. The summed E-state index contributed by atoms with van der Waals surface area (Å²) in [6.07, 6.45) is 1.67. The Balaban J connectivity index is 2.09. The van der Waals surface area contributed by atoms with Crippen molar-refractivity contribution in [2.75, 3.05) is 18.5 Å². The summed E-state index contributed by atoms with van der Waals surface area (Å²) in [6, 6.07) is 4.60. The molecule has 6 heteroatoms. The van der Waals surface area contributed by atoms with E-state index in [0.29, 0.717) is 23.4 Å². The van der Waals surface area contributed by atoms with E-state index in [1.807, 2.05) is 0 Å². The molecule has 1 unspecified atom stereocenters. The van der Waals surface area contributed by atoms with E-state index in [0.717, 1.165) is 12.8 Å². The molecule has 1 aromatic carbocycles. The quantitative estimate of drug-likeness (QED) is 0.894. The Kier molecular flexibility index (Phi) is 4.55. The molecule has 1 heterocycles. The van der Waals surface area contributed by atoms with E-state index in [1.54, 1.807) is 6.07 Å². The normalized spacial score (nSPS) is 18.9. The van der Waals surface area contributed by atoms with Gasteiger partial charge in [0.05, 0.1) is 18.1 Å². The van der Waals surface area contributed by atoms with Gasteiger partial charge in [0.15, 0.2) is 0 Å². The van der Waals surface area contributed by atoms with Gasteiger partial charge in [0, 0.05) is 16.8 Å². The van der Waals surface area contributed by atoms with E-state index < -0.39 is 5.97 Å². The Morgan fingerprint density at radius 1 is 1.37 bits per heavy atom. The predicted octanol–water partition coefficient (Wildman–Crippen LogP) is 2.51. The molecule has 0 saturated carbocycles. The van der Waals surface area contributed by atoms with Crippen LogP contribution in [0.25, 0.3) is 0 Å². The van der Waals surface area contributed by atoms with E-state index in [1.165, 1.54) is 12.1 Å². The summed E-state index contributed by atoms with van der Waals surface area (Å²) < 4.78 is 5.88. The first-order valence-electron chi connectivity index (χ1n) is 5.99. The second-order valence-corrected chi connectivity index (χ2v) is 5.35. The van der Waals surface area contributed by atoms with Gasteiger partial charge >= 0.3 is 5.97 Å². The molecule has 2 N–H and O–H groups in total. The van der Waals surface area contributed by atoms with E-state index in [4.69, 9.17) is 9.84 Å². The smallest absolute Gasteiger partial charge is 0.335 e. The molecule has 19 heavy (non-hydrogen) atoms. The lowest BCUT2D eigenvalue weighted by atomic mass is 10.0. The van der Waals surface area contributed by atoms with Crippen LogP contribution in [-0.2, 0) is 9.53 Å². The van der Waals surface area contributed by atoms with Crippen LogP contribution in [-0.4, -0.2) is 30.2 Å². The summed E-state index contributed by atoms with van der Waals surface area (Å²) in [5, 5.41) is 11.7. The zero-order valence-electron chi connectivity index (χ0n) is 10.2. The van der Waals surface area contributed by atoms with Crippen molar-refractivity contribution in [1.29, 1.82) is 0 Å². The number of carbonyl (C=O) groups excluding carboxylic acids is 1. The SMILES string of the molecule is O=C(O)c1cc(Br)cc(NC(=O)C2CCCOC2)c1. The number of anilines is 1. The van der Waals surface area contributed by atoms with Crippen LogP contribution in [0.2, 0.25) is 0 Å². The highest BCUT2D eigenvalue weighted by Crippen LogP contribution is 2.22. The lowest BCUT2D eigenvalue weighted by Crippen LogP contribution is -2.30. The number of nitrogens with one attached hydrogen (secondary N) is 1. The van der Waals surface area contributed by atoms with Crippen molar-refractivity contribution in [3.63, 3.8) is 0 Å². The Labute approximate surface area is 119 Å². The first kappa shape index (κ1) is 14.0. The molecule has 1 fully saturated rings. The highest BCUT2D eigenvalue weighted by atomic mass is 79.9. The highest BCUT2D eigenvalue weighted by molar-refractivity contribution is 9.10. The van der Waals surface area contributed by atoms with Crippen LogP contribution in [0.15, 0.2) is 22.7 Å². The number of aromatic carboxylic acids is 1. The molecule has 5 nitrogen and oxygen atoms in total. The van der Waals surface area contributed by atoms with Crippen molar-refractivity contribution < 1.29 is 19.4 Å². The minimum atomic E-state index is -1.03. The van der Waals surface area contributed by atoms with Crippen LogP contribution in [0.3, 0.4) is 0 Å². The first-order chi connectivity index (χ1) is 9.06. The maximum atomic E-state index is 12.0. The van der Waals surface area contributed by atoms with Gasteiger partial charge in [-0.05, 0) is 31.0 Å². The van der Waals surface area contributed by atoms with Crippen molar-refractivity contribution in [3.8, 4) is 0 Å². The minimum absolute atomic E-state index is 0.129. The average Bonchev–Trinajstić information content (AvgIpc) is 2.39. The fourth-order valence-corrected chi connectivity index (χ4v) is 2.47. The number of hydrogen-bond acceptors (Lipinski definition) is 3. The summed E-state index contributed by atoms with van der Waals surface area (Å²) in [5.41, 5.74) is 0.604. The third-order valence-corrected chi connectivity index (χ3v) is 3.40. The van der Waals surface area contributed by atoms with Gasteiger partial charge in [0.2, 0.25) is 5.91 Å². The highest BCUT2D eigenvalue weighted by Gasteiger charge is 2.22. The summed E-state index contributed by atoms with van der Waals surface area (Å²) in [5.74, 6) is -1.33. The molecule has 1 amide bonds. The summed E-state index contributed by atoms with van der Waals surface area (Å²) >= 11 is 3.23. The monoisotopic (exact) mass is 327 g/mol. The number of benzene rings is 1. The Bertz CT molecular complexity index is 497. The topological polar surface area (TPSA) is 75.6 Å². The maximum Gasteiger partial charge on any atom is 0.335 e. The van der Waals surface area contributed by atoms with E-state index in [-0.39, 0.29) is 17.4 Å². The summed E-state index contributed by atoms with van der Waals surface area (Å²) in [6.45, 7) is 1.12. The molecular formula is C13H14BrNO4.